The van der Waals surface area contributed by atoms with E-state index in [-0.39, 0.29) is 5.91 Å². The summed E-state index contributed by atoms with van der Waals surface area (Å²) in [6.07, 6.45) is 3.26. The molecule has 1 aromatic carbocycles. The molecule has 4 heterocycles. The van der Waals surface area contributed by atoms with Crippen LogP contribution in [0.25, 0.3) is 10.9 Å². The largest absolute Gasteiger partial charge is 0.481 e. The fourth-order valence-corrected chi connectivity index (χ4v) is 5.64. The number of benzene rings is 1. The van der Waals surface area contributed by atoms with Crippen LogP contribution < -0.4 is 4.74 Å². The number of fused-ring (bicyclic) bond motifs is 2. The molecule has 0 atom stereocenters. The van der Waals surface area contributed by atoms with Crippen molar-refractivity contribution >= 4 is 28.1 Å². The van der Waals surface area contributed by atoms with Crippen molar-refractivity contribution in [1.29, 1.82) is 0 Å². The minimum atomic E-state index is 0.105. The second-order valence-electron chi connectivity index (χ2n) is 7.98. The fraction of sp³-hybridized carbons (Fsp3) is 0.455. The van der Waals surface area contributed by atoms with Crippen molar-refractivity contribution in [3.63, 3.8) is 0 Å². The molecule has 1 saturated heterocycles. The minimum absolute atomic E-state index is 0.105. The van der Waals surface area contributed by atoms with Crippen LogP contribution in [0.1, 0.15) is 33.6 Å². The molecule has 152 valence electrons. The molecule has 2 aliphatic heterocycles. The third-order valence-corrected chi connectivity index (χ3v) is 7.35. The maximum Gasteiger partial charge on any atom is 0.253 e. The lowest BCUT2D eigenvalue weighted by Crippen LogP contribution is -2.47. The molecular formula is C22H26N4O2S. The number of likely N-dealkylation sites (tertiary alicyclic amines) is 1. The number of hydrogen-bond donors (Lipinski definition) is 0. The summed E-state index contributed by atoms with van der Waals surface area (Å²) in [5.41, 5.74) is 3.00. The molecule has 7 heteroatoms. The number of carbonyl (C=O) groups excluding carboxylic acids is 1. The zero-order chi connectivity index (χ0) is 20.0. The predicted octanol–water partition coefficient (Wildman–Crippen LogP) is 3.31. The van der Waals surface area contributed by atoms with Crippen LogP contribution in [0.2, 0.25) is 0 Å². The molecule has 6 nitrogen and oxygen atoms in total. The normalized spacial score (nSPS) is 18.2. The third kappa shape index (κ3) is 3.32. The summed E-state index contributed by atoms with van der Waals surface area (Å²) in [6, 6.07) is 8.56. The van der Waals surface area contributed by atoms with Crippen molar-refractivity contribution in [2.45, 2.75) is 31.8 Å². The lowest BCUT2D eigenvalue weighted by Gasteiger charge is -2.40. The number of piperidine rings is 1. The quantitative estimate of drug-likeness (QED) is 0.665. The Morgan fingerprint density at radius 1 is 1.21 bits per heavy atom. The molecule has 0 aliphatic carbocycles. The number of ether oxygens (including phenoxy) is 1. The topological polar surface area (TPSA) is 50.6 Å². The van der Waals surface area contributed by atoms with Gasteiger partial charge in [0, 0.05) is 49.7 Å². The first kappa shape index (κ1) is 18.6. The zero-order valence-electron chi connectivity index (χ0n) is 16.9. The Bertz CT molecular complexity index is 1050. The van der Waals surface area contributed by atoms with Gasteiger partial charge in [-0.2, -0.15) is 5.10 Å². The second kappa shape index (κ2) is 7.46. The lowest BCUT2D eigenvalue weighted by atomic mass is 9.99. The molecule has 29 heavy (non-hydrogen) atoms. The van der Waals surface area contributed by atoms with Gasteiger partial charge in [0.1, 0.15) is 0 Å². The van der Waals surface area contributed by atoms with E-state index in [9.17, 15) is 4.79 Å². The highest BCUT2D eigenvalue weighted by Crippen LogP contribution is 2.29. The lowest BCUT2D eigenvalue weighted by molar-refractivity contribution is 0.0600. The average molecular weight is 411 g/mol. The molecule has 3 aromatic rings. The van der Waals surface area contributed by atoms with E-state index < -0.39 is 0 Å². The molecule has 1 amide bonds. The van der Waals surface area contributed by atoms with Gasteiger partial charge < -0.3 is 9.64 Å². The maximum atomic E-state index is 13.1. The van der Waals surface area contributed by atoms with Crippen LogP contribution in [0.15, 0.2) is 29.6 Å². The van der Waals surface area contributed by atoms with Crippen molar-refractivity contribution in [3.05, 3.63) is 45.6 Å². The molecular weight excluding hydrogens is 384 g/mol. The fourth-order valence-electron chi connectivity index (χ4n) is 4.75. The van der Waals surface area contributed by atoms with Gasteiger partial charge in [0.2, 0.25) is 5.88 Å². The maximum absolute atomic E-state index is 13.1. The Balaban J connectivity index is 1.25. The third-order valence-electron chi connectivity index (χ3n) is 6.33. The Morgan fingerprint density at radius 2 is 2.03 bits per heavy atom. The zero-order valence-corrected chi connectivity index (χ0v) is 17.7. The highest BCUT2D eigenvalue weighted by atomic mass is 32.1. The number of aryl methyl sites for hydroxylation is 1. The Labute approximate surface area is 174 Å². The predicted molar refractivity (Wildman–Crippen MR) is 115 cm³/mol. The summed E-state index contributed by atoms with van der Waals surface area (Å²) in [5.74, 6) is 0.823. The van der Waals surface area contributed by atoms with E-state index in [0.29, 0.717) is 11.6 Å². The standard InChI is InChI=1S/C22H26N4O2S/c1-24-22(28-2)18-4-3-15(13-19(18)23-24)21(27)25-9-5-17(6-10-25)26-11-7-20-16(14-26)8-12-29-20/h3-4,8,12-13,17H,5-7,9-11,14H2,1-2H3. The van der Waals surface area contributed by atoms with Crippen molar-refractivity contribution in [2.75, 3.05) is 26.7 Å². The number of aromatic nitrogens is 2. The summed E-state index contributed by atoms with van der Waals surface area (Å²) >= 11 is 1.89. The summed E-state index contributed by atoms with van der Waals surface area (Å²) in [5, 5.41) is 7.62. The van der Waals surface area contributed by atoms with Gasteiger partial charge in [-0.3, -0.25) is 9.69 Å². The van der Waals surface area contributed by atoms with Gasteiger partial charge >= 0.3 is 0 Å². The van der Waals surface area contributed by atoms with E-state index in [2.05, 4.69) is 21.4 Å². The summed E-state index contributed by atoms with van der Waals surface area (Å²) in [6.45, 7) is 3.85. The van der Waals surface area contributed by atoms with Crippen molar-refractivity contribution in [1.82, 2.24) is 19.6 Å². The first-order valence-electron chi connectivity index (χ1n) is 10.2. The van der Waals surface area contributed by atoms with E-state index in [1.54, 1.807) is 16.7 Å². The van der Waals surface area contributed by atoms with E-state index in [1.165, 1.54) is 12.0 Å². The number of amides is 1. The molecule has 0 unspecified atom stereocenters. The molecule has 5 rings (SSSR count). The van der Waals surface area contributed by atoms with Gasteiger partial charge in [-0.1, -0.05) is 0 Å². The number of nitrogens with zero attached hydrogens (tertiary/aromatic N) is 4. The minimum Gasteiger partial charge on any atom is -0.481 e. The van der Waals surface area contributed by atoms with E-state index in [0.717, 1.165) is 55.8 Å². The number of thiophene rings is 1. The average Bonchev–Trinajstić information content (AvgIpc) is 3.35. The summed E-state index contributed by atoms with van der Waals surface area (Å²) < 4.78 is 7.11. The first-order valence-corrected chi connectivity index (χ1v) is 11.1. The van der Waals surface area contributed by atoms with Crippen LogP contribution in [0.3, 0.4) is 0 Å². The first-order chi connectivity index (χ1) is 14.1. The SMILES string of the molecule is COc1c2ccc(C(=O)N3CCC(N4CCc5sccc5C4)CC3)cc2nn1C. The smallest absolute Gasteiger partial charge is 0.253 e. The van der Waals surface area contributed by atoms with E-state index >= 15 is 0 Å². The number of rotatable bonds is 3. The molecule has 0 N–H and O–H groups in total. The van der Waals surface area contributed by atoms with Crippen molar-refractivity contribution in [3.8, 4) is 5.88 Å². The number of carbonyl (C=O) groups is 1. The van der Waals surface area contributed by atoms with Crippen LogP contribution in [0.5, 0.6) is 5.88 Å². The molecule has 0 spiro atoms. The van der Waals surface area contributed by atoms with Crippen LogP contribution in [0.4, 0.5) is 0 Å². The van der Waals surface area contributed by atoms with Gasteiger partial charge in [-0.25, -0.2) is 4.68 Å². The molecule has 0 radical (unpaired) electrons. The van der Waals surface area contributed by atoms with Gasteiger partial charge in [0.25, 0.3) is 5.91 Å². The molecule has 0 saturated carbocycles. The van der Waals surface area contributed by atoms with E-state index in [4.69, 9.17) is 4.74 Å². The van der Waals surface area contributed by atoms with Crippen molar-refractivity contribution in [2.24, 2.45) is 7.05 Å². The van der Waals surface area contributed by atoms with Crippen molar-refractivity contribution < 1.29 is 9.53 Å². The van der Waals surface area contributed by atoms with Crippen LogP contribution >= 0.6 is 11.3 Å². The van der Waals surface area contributed by atoms with Gasteiger partial charge in [0.05, 0.1) is 18.0 Å². The molecule has 2 aromatic heterocycles. The summed E-state index contributed by atoms with van der Waals surface area (Å²) in [4.78, 5) is 19.2. The Morgan fingerprint density at radius 3 is 2.83 bits per heavy atom. The summed E-state index contributed by atoms with van der Waals surface area (Å²) in [7, 11) is 3.49. The van der Waals surface area contributed by atoms with E-state index in [1.807, 2.05) is 41.5 Å². The van der Waals surface area contributed by atoms with Crippen LogP contribution in [-0.2, 0) is 20.0 Å². The number of hydrogen-bond acceptors (Lipinski definition) is 5. The number of methoxy groups -OCH3 is 1. The van der Waals surface area contributed by atoms with Crippen LogP contribution in [-0.4, -0.2) is 58.3 Å². The second-order valence-corrected chi connectivity index (χ2v) is 8.98. The van der Waals surface area contributed by atoms with Crippen LogP contribution in [0, 0.1) is 0 Å². The highest BCUT2D eigenvalue weighted by molar-refractivity contribution is 7.10. The Hall–Kier alpha value is -2.38. The van der Waals surface area contributed by atoms with Gasteiger partial charge in [-0.05, 0) is 54.5 Å². The molecule has 1 fully saturated rings. The monoisotopic (exact) mass is 410 g/mol. The Kier molecular flexibility index (Phi) is 4.80. The molecule has 2 aliphatic rings. The highest BCUT2D eigenvalue weighted by Gasteiger charge is 2.29. The van der Waals surface area contributed by atoms with Gasteiger partial charge in [0.15, 0.2) is 0 Å². The van der Waals surface area contributed by atoms with Gasteiger partial charge in [-0.15, -0.1) is 11.3 Å². The molecule has 0 bridgehead atoms.